The van der Waals surface area contributed by atoms with E-state index in [1.54, 1.807) is 33.3 Å². The number of nitriles is 1. The number of amides is 4. The monoisotopic (exact) mass is 1150 g/mol. The van der Waals surface area contributed by atoms with Crippen LogP contribution in [0.2, 0.25) is 5.02 Å². The quantitative estimate of drug-likeness (QED) is 0.0687. The summed E-state index contributed by atoms with van der Waals surface area (Å²) in [5.41, 5.74) is 3.57. The highest BCUT2D eigenvalue weighted by Crippen LogP contribution is 2.44. The van der Waals surface area contributed by atoms with Gasteiger partial charge in [-0.1, -0.05) is 87.5 Å². The molecule has 1 saturated carbocycles. The van der Waals surface area contributed by atoms with E-state index >= 15 is 4.39 Å². The Morgan fingerprint density at radius 3 is 2.44 bits per heavy atom. The maximum absolute atomic E-state index is 17.3. The molecule has 20 heteroatoms. The molecule has 6 aromatic rings. The molecule has 1 aliphatic carbocycles. The van der Waals surface area contributed by atoms with Gasteiger partial charge in [-0.3, -0.25) is 24.1 Å². The van der Waals surface area contributed by atoms with Gasteiger partial charge in [-0.2, -0.15) is 15.2 Å². The van der Waals surface area contributed by atoms with Crippen LogP contribution in [0.1, 0.15) is 89.9 Å². The van der Waals surface area contributed by atoms with Crippen LogP contribution in [-0.2, 0) is 23.9 Å². The predicted molar refractivity (Wildman–Crippen MR) is 315 cm³/mol. The molecule has 0 radical (unpaired) electrons. The van der Waals surface area contributed by atoms with Crippen molar-refractivity contribution < 1.29 is 38.1 Å². The summed E-state index contributed by atoms with van der Waals surface area (Å²) in [5.74, 6) is -1.32. The van der Waals surface area contributed by atoms with Crippen molar-refractivity contribution in [3.63, 3.8) is 0 Å². The fourth-order valence-corrected chi connectivity index (χ4v) is 12.8. The fraction of sp³-hybridized carbons (Fsp3) is 0.452. The number of nitrogens with one attached hydrogen (secondary N) is 2. The first-order chi connectivity index (χ1) is 39.4. The number of hydrogen-bond donors (Lipinski definition) is 3. The highest BCUT2D eigenvalue weighted by Gasteiger charge is 2.54. The molecular formula is C62H70ClFN10O7S. The number of hydrogen-bond acceptors (Lipinski definition) is 14. The van der Waals surface area contributed by atoms with Gasteiger partial charge in [-0.05, 0) is 129 Å². The number of ether oxygens (including phenoxy) is 2. The molecule has 3 N–H and O–H groups in total. The number of piperazine rings is 1. The molecule has 3 saturated heterocycles. The van der Waals surface area contributed by atoms with Gasteiger partial charge in [-0.15, -0.1) is 11.3 Å². The van der Waals surface area contributed by atoms with Gasteiger partial charge in [0.15, 0.2) is 5.82 Å². The predicted octanol–water partition coefficient (Wildman–Crippen LogP) is 9.54. The molecule has 2 aromatic heterocycles. The number of aromatic hydroxyl groups is 1. The summed E-state index contributed by atoms with van der Waals surface area (Å²) in [6, 6.07) is 19.9. The zero-order valence-corrected chi connectivity index (χ0v) is 48.6. The summed E-state index contributed by atoms with van der Waals surface area (Å²) >= 11 is 8.56. The second kappa shape index (κ2) is 24.3. The molecule has 17 nitrogen and oxygen atoms in total. The number of piperidine rings is 1. The summed E-state index contributed by atoms with van der Waals surface area (Å²) < 4.78 is 30.0. The van der Waals surface area contributed by atoms with Crippen LogP contribution in [0.4, 0.5) is 10.2 Å². The molecule has 82 heavy (non-hydrogen) atoms. The number of halogens is 2. The molecule has 4 aliphatic rings. The second-order valence-electron chi connectivity index (χ2n) is 23.2. The Bertz CT molecular complexity index is 3450. The minimum Gasteiger partial charge on any atom is -0.508 e. The molecule has 3 aliphatic heterocycles. The van der Waals surface area contributed by atoms with Crippen molar-refractivity contribution in [2.75, 3.05) is 63.9 Å². The van der Waals surface area contributed by atoms with Gasteiger partial charge in [0.05, 0.1) is 52.3 Å². The maximum Gasteiger partial charge on any atom is 0.319 e. The molecule has 430 valence electrons. The Morgan fingerprint density at radius 2 is 1.74 bits per heavy atom. The summed E-state index contributed by atoms with van der Waals surface area (Å²) in [6.07, 6.45) is 5.22. The van der Waals surface area contributed by atoms with E-state index in [9.17, 15) is 29.5 Å². The van der Waals surface area contributed by atoms with Crippen LogP contribution in [0.15, 0.2) is 84.9 Å². The van der Waals surface area contributed by atoms with Crippen LogP contribution in [0.5, 0.6) is 11.8 Å². The summed E-state index contributed by atoms with van der Waals surface area (Å²) in [6.45, 7) is 17.1. The number of nitrogens with zero attached hydrogens (tertiary/aromatic N) is 8. The number of anilines is 1. The summed E-state index contributed by atoms with van der Waals surface area (Å²) in [5, 5.41) is 28.5. The van der Waals surface area contributed by atoms with Crippen molar-refractivity contribution in [2.45, 2.75) is 109 Å². The molecule has 5 heterocycles. The van der Waals surface area contributed by atoms with Crippen molar-refractivity contribution in [3.8, 4) is 39.4 Å². The zero-order valence-electron chi connectivity index (χ0n) is 47.1. The molecule has 0 spiro atoms. The van der Waals surface area contributed by atoms with Crippen molar-refractivity contribution in [3.05, 3.63) is 107 Å². The summed E-state index contributed by atoms with van der Waals surface area (Å²) in [4.78, 5) is 77.7. The first kappa shape index (κ1) is 58.0. The minimum atomic E-state index is -1.02. The number of phenolic OH excluding ortho intramolecular Hbond substituents is 1. The lowest BCUT2D eigenvalue weighted by molar-refractivity contribution is -0.147. The number of rotatable bonds is 18. The molecule has 0 bridgehead atoms. The smallest absolute Gasteiger partial charge is 0.319 e. The van der Waals surface area contributed by atoms with Gasteiger partial charge in [0.1, 0.15) is 41.4 Å². The fourth-order valence-electron chi connectivity index (χ4n) is 11.7. The maximum atomic E-state index is 17.3. The Kier molecular flexibility index (Phi) is 17.2. The molecule has 4 fully saturated rings. The number of aromatic nitrogens is 3. The Morgan fingerprint density at radius 1 is 0.988 bits per heavy atom. The Labute approximate surface area is 486 Å². The highest BCUT2D eigenvalue weighted by atomic mass is 35.5. The number of phenols is 1. The Balaban J connectivity index is 0.756. The van der Waals surface area contributed by atoms with Crippen molar-refractivity contribution in [2.24, 2.45) is 11.3 Å². The molecular weight excluding hydrogens is 1080 g/mol. The molecule has 4 aromatic carbocycles. The zero-order chi connectivity index (χ0) is 58.0. The molecule has 4 atom stereocenters. The molecule has 10 rings (SSSR count). The van der Waals surface area contributed by atoms with Crippen LogP contribution in [0.3, 0.4) is 0 Å². The number of carbonyl (C=O) groups excluding carboxylic acids is 4. The van der Waals surface area contributed by atoms with Crippen molar-refractivity contribution in [1.29, 1.82) is 5.26 Å². The van der Waals surface area contributed by atoms with E-state index < -0.39 is 35.0 Å². The summed E-state index contributed by atoms with van der Waals surface area (Å²) in [7, 11) is 0. The van der Waals surface area contributed by atoms with Crippen LogP contribution < -0.4 is 20.3 Å². The average molecular weight is 1150 g/mol. The normalized spacial score (nSPS) is 19.2. The van der Waals surface area contributed by atoms with E-state index in [0.717, 1.165) is 47.6 Å². The Hall–Kier alpha value is -7.24. The lowest BCUT2D eigenvalue weighted by Gasteiger charge is -2.41. The van der Waals surface area contributed by atoms with Crippen LogP contribution in [0, 0.1) is 35.4 Å². The number of aryl methyl sites for hydroxylation is 1. The average Bonchev–Trinajstić information content (AvgIpc) is 3.44. The third kappa shape index (κ3) is 12.3. The standard InChI is InChI=1S/C62H70ClFN10O7S/c1-7-50(76)73-28-27-72(34-43(73)18-23-65)56-47-33-48(63)51(46-32-44(75)31-42-11-8-9-12-45(42)46)52(64)53(47)68-60(70-56)80-30-29-71-25-19-39(20-26-71)35-81-62(21-22-62)59(79)69-55(61(4,5)6)58(78)74-24-10-13-49(74)57(77)67-37(2)40-14-16-41(17-15-40)54-38(3)66-36-82-54/h7-9,11-12,14-17,31-33,36-37,39,43,49,55,75H,1,10,13,18-22,24-30,34-35H2,2-6H3,(H,67,77)(H,69,79)/t37-,43-,49-,55+/m0/s1. The molecule has 4 amide bonds. The first-order valence-corrected chi connectivity index (χ1v) is 29.5. The van der Waals surface area contributed by atoms with Gasteiger partial charge in [-0.25, -0.2) is 9.37 Å². The minimum absolute atomic E-state index is 0.0384. The number of fused-ring (bicyclic) bond motifs is 2. The largest absolute Gasteiger partial charge is 0.508 e. The van der Waals surface area contributed by atoms with E-state index in [4.69, 9.17) is 26.1 Å². The van der Waals surface area contributed by atoms with Crippen LogP contribution in [-0.4, -0.2) is 141 Å². The third-order valence-electron chi connectivity index (χ3n) is 16.6. The molecule has 0 unspecified atom stereocenters. The van der Waals surface area contributed by atoms with Gasteiger partial charge >= 0.3 is 6.01 Å². The van der Waals surface area contributed by atoms with Crippen LogP contribution >= 0.6 is 22.9 Å². The lowest BCUT2D eigenvalue weighted by atomic mass is 9.85. The van der Waals surface area contributed by atoms with E-state index in [2.05, 4.69) is 38.1 Å². The van der Waals surface area contributed by atoms with Gasteiger partial charge in [0, 0.05) is 43.7 Å². The second-order valence-corrected chi connectivity index (χ2v) is 24.5. The number of benzene rings is 4. The van der Waals surface area contributed by atoms with Gasteiger partial charge in [0.2, 0.25) is 17.7 Å². The topological polar surface area (TPSA) is 206 Å². The SMILES string of the molecule is C=CC(=O)N1CCN(c2nc(OCCN3CCC(COC4(C(=O)N[C@H](C(=O)N5CCC[C@H]5C(=O)N[C@@H](C)c5ccc(-c6scnc6C)cc5)C(C)(C)C)CC4)CC3)nc3c(F)c(-c4cc(O)cc5ccccc45)c(Cl)cc23)C[C@@H]1CC#N. The third-order valence-corrected chi connectivity index (χ3v) is 17.9. The van der Waals surface area contributed by atoms with Crippen molar-refractivity contribution >= 4 is 74.1 Å². The highest BCUT2D eigenvalue weighted by molar-refractivity contribution is 7.13. The van der Waals surface area contributed by atoms with E-state index in [-0.39, 0.29) is 89.6 Å². The lowest BCUT2D eigenvalue weighted by Crippen LogP contribution is -2.59. The van der Waals surface area contributed by atoms with Crippen molar-refractivity contribution in [1.82, 2.24) is 40.3 Å². The first-order valence-electron chi connectivity index (χ1n) is 28.2. The van der Waals surface area contributed by atoms with Gasteiger partial charge < -0.3 is 39.9 Å². The van der Waals surface area contributed by atoms with E-state index in [1.165, 1.54) is 12.1 Å². The number of likely N-dealkylation sites (tertiary alicyclic amines) is 2. The van der Waals surface area contributed by atoms with E-state index in [1.807, 2.05) is 93.6 Å². The van der Waals surface area contributed by atoms with Crippen LogP contribution in [0.25, 0.3) is 43.2 Å². The van der Waals surface area contributed by atoms with E-state index in [0.29, 0.717) is 79.5 Å². The van der Waals surface area contributed by atoms with Gasteiger partial charge in [0.25, 0.3) is 5.91 Å². The number of thiazole rings is 1. The number of carbonyl (C=O) groups is 4.